The van der Waals surface area contributed by atoms with Gasteiger partial charge in [-0.15, -0.1) is 0 Å². The molecule has 1 unspecified atom stereocenters. The van der Waals surface area contributed by atoms with Gasteiger partial charge in [-0.3, -0.25) is 0 Å². The average molecular weight is 224 g/mol. The second kappa shape index (κ2) is 3.88. The molecule has 2 aromatic rings. The molecule has 1 aromatic heterocycles. The minimum Gasteiger partial charge on any atom is -0.354 e. The van der Waals surface area contributed by atoms with E-state index in [0.717, 1.165) is 24.1 Å². The molecule has 3 rings (SSSR count). The van der Waals surface area contributed by atoms with E-state index in [-0.39, 0.29) is 0 Å². The van der Waals surface area contributed by atoms with Crippen LogP contribution in [0.25, 0.3) is 0 Å². The highest BCUT2D eigenvalue weighted by Crippen LogP contribution is 2.32. The van der Waals surface area contributed by atoms with Crippen molar-refractivity contribution in [3.8, 4) is 0 Å². The quantitative estimate of drug-likeness (QED) is 0.771. The molecule has 2 nitrogen and oxygen atoms in total. The molecule has 0 radical (unpaired) electrons. The predicted octanol–water partition coefficient (Wildman–Crippen LogP) is 3.12. The van der Waals surface area contributed by atoms with Gasteiger partial charge in [-0.25, -0.2) is 0 Å². The molecule has 1 N–H and O–H groups in total. The molecule has 0 spiro atoms. The number of nitrogens with one attached hydrogen (secondary N) is 1. The standard InChI is InChI=1S/C15H16N2/c1-17-8-7-13-14(16)9-12(10-15(13)17)11-5-3-2-4-6-11/h2-8,12,16H,9-10H2,1H3. The Morgan fingerprint density at radius 2 is 1.88 bits per heavy atom. The summed E-state index contributed by atoms with van der Waals surface area (Å²) in [5, 5.41) is 8.15. The molecule has 1 atom stereocenters. The first-order chi connectivity index (χ1) is 8.25. The van der Waals surface area contributed by atoms with Crippen molar-refractivity contribution in [2.75, 3.05) is 0 Å². The van der Waals surface area contributed by atoms with Crippen LogP contribution in [0.15, 0.2) is 42.6 Å². The Morgan fingerprint density at radius 3 is 2.65 bits per heavy atom. The summed E-state index contributed by atoms with van der Waals surface area (Å²) in [4.78, 5) is 0. The number of aromatic nitrogens is 1. The van der Waals surface area contributed by atoms with Gasteiger partial charge in [-0.05, 0) is 30.4 Å². The van der Waals surface area contributed by atoms with Crippen LogP contribution in [-0.2, 0) is 13.5 Å². The first kappa shape index (κ1) is 10.3. The third kappa shape index (κ3) is 1.70. The third-order valence-corrected chi connectivity index (χ3v) is 3.69. The van der Waals surface area contributed by atoms with Crippen molar-refractivity contribution in [2.45, 2.75) is 18.8 Å². The lowest BCUT2D eigenvalue weighted by Gasteiger charge is -2.24. The zero-order valence-electron chi connectivity index (χ0n) is 9.98. The molecule has 2 heteroatoms. The van der Waals surface area contributed by atoms with E-state index in [0.29, 0.717) is 5.92 Å². The maximum absolute atomic E-state index is 8.15. The van der Waals surface area contributed by atoms with Crippen LogP contribution in [0.5, 0.6) is 0 Å². The molecular formula is C15H16N2. The van der Waals surface area contributed by atoms with Crippen LogP contribution in [0.2, 0.25) is 0 Å². The first-order valence-corrected chi connectivity index (χ1v) is 6.02. The van der Waals surface area contributed by atoms with Crippen molar-refractivity contribution < 1.29 is 0 Å². The van der Waals surface area contributed by atoms with Crippen molar-refractivity contribution in [3.63, 3.8) is 0 Å². The highest BCUT2D eigenvalue weighted by Gasteiger charge is 2.25. The number of rotatable bonds is 1. The van der Waals surface area contributed by atoms with E-state index in [2.05, 4.69) is 48.1 Å². The highest BCUT2D eigenvalue weighted by molar-refractivity contribution is 6.00. The predicted molar refractivity (Wildman–Crippen MR) is 69.7 cm³/mol. The molecular weight excluding hydrogens is 208 g/mol. The lowest BCUT2D eigenvalue weighted by atomic mass is 9.82. The average Bonchev–Trinajstić information content (AvgIpc) is 2.73. The lowest BCUT2D eigenvalue weighted by molar-refractivity contribution is 0.654. The molecule has 0 aliphatic heterocycles. The minimum atomic E-state index is 0.463. The first-order valence-electron chi connectivity index (χ1n) is 6.02. The molecule has 1 aliphatic rings. The number of benzene rings is 1. The molecule has 17 heavy (non-hydrogen) atoms. The van der Waals surface area contributed by atoms with Crippen LogP contribution in [-0.4, -0.2) is 10.3 Å². The lowest BCUT2D eigenvalue weighted by Crippen LogP contribution is -2.19. The summed E-state index contributed by atoms with van der Waals surface area (Å²) in [5.74, 6) is 0.463. The Labute approximate surface area is 101 Å². The van der Waals surface area contributed by atoms with E-state index < -0.39 is 0 Å². The molecule has 0 saturated heterocycles. The second-order valence-corrected chi connectivity index (χ2v) is 4.78. The maximum Gasteiger partial charge on any atom is 0.0410 e. The van der Waals surface area contributed by atoms with Crippen molar-refractivity contribution in [3.05, 3.63) is 59.4 Å². The van der Waals surface area contributed by atoms with Crippen molar-refractivity contribution in [1.29, 1.82) is 5.41 Å². The summed E-state index contributed by atoms with van der Waals surface area (Å²) >= 11 is 0. The zero-order valence-corrected chi connectivity index (χ0v) is 9.98. The van der Waals surface area contributed by atoms with Gasteiger partial charge in [0.1, 0.15) is 0 Å². The van der Waals surface area contributed by atoms with Gasteiger partial charge in [0.25, 0.3) is 0 Å². The fourth-order valence-corrected chi connectivity index (χ4v) is 2.71. The summed E-state index contributed by atoms with van der Waals surface area (Å²) in [6, 6.07) is 12.6. The van der Waals surface area contributed by atoms with Crippen LogP contribution in [0.4, 0.5) is 0 Å². The fourth-order valence-electron chi connectivity index (χ4n) is 2.71. The van der Waals surface area contributed by atoms with E-state index in [1.165, 1.54) is 11.3 Å². The van der Waals surface area contributed by atoms with Gasteiger partial charge >= 0.3 is 0 Å². The normalized spacial score (nSPS) is 19.1. The topological polar surface area (TPSA) is 28.8 Å². The Hall–Kier alpha value is -1.83. The zero-order chi connectivity index (χ0) is 11.8. The number of hydrogen-bond acceptors (Lipinski definition) is 1. The largest absolute Gasteiger partial charge is 0.354 e. The fraction of sp³-hybridized carbons (Fsp3) is 0.267. The maximum atomic E-state index is 8.15. The van der Waals surface area contributed by atoms with Gasteiger partial charge in [0.05, 0.1) is 0 Å². The molecule has 0 bridgehead atoms. The molecule has 0 fully saturated rings. The van der Waals surface area contributed by atoms with Crippen LogP contribution < -0.4 is 0 Å². The van der Waals surface area contributed by atoms with Crippen LogP contribution in [0.1, 0.15) is 29.2 Å². The van der Waals surface area contributed by atoms with Gasteiger partial charge < -0.3 is 9.98 Å². The Balaban J connectivity index is 1.99. The van der Waals surface area contributed by atoms with Gasteiger partial charge in [0.15, 0.2) is 0 Å². The second-order valence-electron chi connectivity index (χ2n) is 4.78. The van der Waals surface area contributed by atoms with Crippen LogP contribution in [0.3, 0.4) is 0 Å². The van der Waals surface area contributed by atoms with E-state index in [1.807, 2.05) is 6.07 Å². The van der Waals surface area contributed by atoms with Crippen molar-refractivity contribution in [1.82, 2.24) is 4.57 Å². The summed E-state index contributed by atoms with van der Waals surface area (Å²) in [7, 11) is 2.07. The number of hydrogen-bond donors (Lipinski definition) is 1. The van der Waals surface area contributed by atoms with Crippen molar-refractivity contribution >= 4 is 5.71 Å². The van der Waals surface area contributed by atoms with E-state index in [1.54, 1.807) is 0 Å². The minimum absolute atomic E-state index is 0.463. The smallest absolute Gasteiger partial charge is 0.0410 e. The number of aryl methyl sites for hydroxylation is 1. The number of nitrogens with zero attached hydrogens (tertiary/aromatic N) is 1. The highest BCUT2D eigenvalue weighted by atomic mass is 14.9. The summed E-state index contributed by atoms with van der Waals surface area (Å²) in [5.41, 5.74) is 4.57. The molecule has 1 aliphatic carbocycles. The summed E-state index contributed by atoms with van der Waals surface area (Å²) in [6.45, 7) is 0. The third-order valence-electron chi connectivity index (χ3n) is 3.69. The SMILES string of the molecule is Cn1ccc2c1CC(c1ccccc1)CC2=N. The van der Waals surface area contributed by atoms with Gasteiger partial charge in [0, 0.05) is 30.2 Å². The Kier molecular flexibility index (Phi) is 2.36. The molecule has 86 valence electrons. The van der Waals surface area contributed by atoms with Gasteiger partial charge in [-0.2, -0.15) is 0 Å². The Morgan fingerprint density at radius 1 is 1.12 bits per heavy atom. The molecule has 0 amide bonds. The van der Waals surface area contributed by atoms with E-state index in [9.17, 15) is 0 Å². The van der Waals surface area contributed by atoms with Gasteiger partial charge in [-0.1, -0.05) is 30.3 Å². The van der Waals surface area contributed by atoms with Crippen LogP contribution >= 0.6 is 0 Å². The van der Waals surface area contributed by atoms with E-state index >= 15 is 0 Å². The molecule has 1 heterocycles. The van der Waals surface area contributed by atoms with E-state index in [4.69, 9.17) is 5.41 Å². The molecule has 1 aromatic carbocycles. The van der Waals surface area contributed by atoms with Crippen molar-refractivity contribution in [2.24, 2.45) is 7.05 Å². The summed E-state index contributed by atoms with van der Waals surface area (Å²) < 4.78 is 2.15. The van der Waals surface area contributed by atoms with Gasteiger partial charge in [0.2, 0.25) is 0 Å². The monoisotopic (exact) mass is 224 g/mol. The molecule has 0 saturated carbocycles. The summed E-state index contributed by atoms with van der Waals surface area (Å²) in [6.07, 6.45) is 3.97. The number of fused-ring (bicyclic) bond motifs is 1. The Bertz CT molecular complexity index is 552. The van der Waals surface area contributed by atoms with Crippen LogP contribution in [0, 0.1) is 5.41 Å².